The lowest BCUT2D eigenvalue weighted by molar-refractivity contribution is -0.143. The van der Waals surface area contributed by atoms with E-state index in [0.29, 0.717) is 43.9 Å². The first-order chi connectivity index (χ1) is 15.5. The summed E-state index contributed by atoms with van der Waals surface area (Å²) < 4.78 is 34.4. The molecule has 1 heterocycles. The van der Waals surface area contributed by atoms with Crippen molar-refractivity contribution >= 4 is 5.97 Å². The van der Waals surface area contributed by atoms with Gasteiger partial charge in [0.15, 0.2) is 0 Å². The van der Waals surface area contributed by atoms with Gasteiger partial charge in [-0.25, -0.2) is 8.78 Å². The molecule has 1 unspecified atom stereocenters. The van der Waals surface area contributed by atoms with Gasteiger partial charge in [0.25, 0.3) is 0 Å². The molecule has 1 N–H and O–H groups in total. The van der Waals surface area contributed by atoms with Crippen LogP contribution in [0.25, 0.3) is 0 Å². The highest BCUT2D eigenvalue weighted by Gasteiger charge is 2.31. The van der Waals surface area contributed by atoms with E-state index in [1.54, 1.807) is 0 Å². The Morgan fingerprint density at radius 2 is 1.75 bits per heavy atom. The zero-order valence-electron chi connectivity index (χ0n) is 17.6. The molecule has 1 aliphatic heterocycles. The van der Waals surface area contributed by atoms with Gasteiger partial charge in [-0.3, -0.25) is 9.69 Å². The van der Waals surface area contributed by atoms with Gasteiger partial charge in [0, 0.05) is 11.6 Å². The molecule has 166 valence electrons. The van der Waals surface area contributed by atoms with Gasteiger partial charge < -0.3 is 9.84 Å². The van der Waals surface area contributed by atoms with Gasteiger partial charge >= 0.3 is 5.97 Å². The first-order valence-corrected chi connectivity index (χ1v) is 10.7. The van der Waals surface area contributed by atoms with Crippen LogP contribution >= 0.6 is 0 Å². The number of ether oxygens (including phenoxy) is 1. The van der Waals surface area contributed by atoms with Crippen molar-refractivity contribution in [3.05, 3.63) is 101 Å². The number of rotatable bonds is 7. The second kappa shape index (κ2) is 9.92. The molecule has 4 rings (SSSR count). The summed E-state index contributed by atoms with van der Waals surface area (Å²) in [6.07, 6.45) is 0.970. The normalized spacial score (nSPS) is 15.9. The summed E-state index contributed by atoms with van der Waals surface area (Å²) in [5, 5.41) is 9.32. The Morgan fingerprint density at radius 3 is 2.44 bits per heavy atom. The number of carboxylic acid groups (broad SMARTS) is 1. The van der Waals surface area contributed by atoms with E-state index in [1.807, 2.05) is 54.6 Å². The van der Waals surface area contributed by atoms with Crippen LogP contribution < -0.4 is 4.74 Å². The number of nitrogens with zero attached hydrogens (tertiary/aromatic N) is 1. The van der Waals surface area contributed by atoms with Crippen molar-refractivity contribution in [2.75, 3.05) is 13.1 Å². The maximum absolute atomic E-state index is 14.8. The lowest BCUT2D eigenvalue weighted by atomic mass is 9.91. The Hall–Kier alpha value is -3.25. The van der Waals surface area contributed by atoms with Crippen LogP contribution in [0.1, 0.15) is 35.6 Å². The fraction of sp³-hybridized carbons (Fsp3) is 0.269. The molecule has 1 fully saturated rings. The van der Waals surface area contributed by atoms with Crippen LogP contribution in [0, 0.1) is 17.6 Å². The van der Waals surface area contributed by atoms with E-state index in [4.69, 9.17) is 4.74 Å². The number of aliphatic carboxylic acids is 1. The van der Waals surface area contributed by atoms with E-state index in [2.05, 4.69) is 4.90 Å². The van der Waals surface area contributed by atoms with Crippen molar-refractivity contribution in [1.29, 1.82) is 0 Å². The van der Waals surface area contributed by atoms with Gasteiger partial charge in [-0.05, 0) is 55.3 Å². The van der Waals surface area contributed by atoms with Gasteiger partial charge in [0.2, 0.25) is 0 Å². The average molecular weight is 437 g/mol. The Kier molecular flexibility index (Phi) is 6.81. The Labute approximate surface area is 186 Å². The highest BCUT2D eigenvalue weighted by atomic mass is 19.1. The van der Waals surface area contributed by atoms with Crippen LogP contribution in [0.2, 0.25) is 0 Å². The quantitative estimate of drug-likeness (QED) is 0.536. The molecule has 6 heteroatoms. The largest absolute Gasteiger partial charge is 0.489 e. The molecule has 0 aliphatic carbocycles. The second-order valence-corrected chi connectivity index (χ2v) is 8.06. The van der Waals surface area contributed by atoms with Crippen molar-refractivity contribution in [3.8, 4) is 5.75 Å². The number of benzene rings is 3. The molecule has 3 aromatic carbocycles. The first-order valence-electron chi connectivity index (χ1n) is 10.7. The number of hydrogen-bond donors (Lipinski definition) is 1. The molecule has 0 bridgehead atoms. The molecule has 4 nitrogen and oxygen atoms in total. The van der Waals surface area contributed by atoms with E-state index in [0.717, 1.165) is 17.2 Å². The molecule has 0 spiro atoms. The van der Waals surface area contributed by atoms with Crippen molar-refractivity contribution < 1.29 is 23.4 Å². The monoisotopic (exact) mass is 437 g/mol. The molecule has 0 aromatic heterocycles. The third-order valence-electron chi connectivity index (χ3n) is 5.92. The smallest absolute Gasteiger partial charge is 0.306 e. The van der Waals surface area contributed by atoms with Crippen molar-refractivity contribution in [2.45, 2.75) is 25.5 Å². The van der Waals surface area contributed by atoms with Crippen LogP contribution in [-0.2, 0) is 11.4 Å². The lowest BCUT2D eigenvalue weighted by Gasteiger charge is -2.37. The topological polar surface area (TPSA) is 49.8 Å². The van der Waals surface area contributed by atoms with Crippen LogP contribution in [0.15, 0.2) is 72.8 Å². The fourth-order valence-electron chi connectivity index (χ4n) is 4.23. The minimum absolute atomic E-state index is 0.361. The van der Waals surface area contributed by atoms with E-state index >= 15 is 0 Å². The summed E-state index contributed by atoms with van der Waals surface area (Å²) in [6.45, 7) is 1.42. The summed E-state index contributed by atoms with van der Waals surface area (Å²) >= 11 is 0. The Balaban J connectivity index is 1.62. The maximum Gasteiger partial charge on any atom is 0.306 e. The molecule has 3 aromatic rings. The minimum Gasteiger partial charge on any atom is -0.489 e. The standard InChI is InChI=1S/C26H25F2NO3/c27-21-9-10-23(24(28)16-21)25(29-13-11-19(12-14-29)26(30)31)20-7-4-8-22(15-20)32-17-18-5-2-1-3-6-18/h1-10,15-16,19,25H,11-14,17H2,(H,30,31). The zero-order valence-corrected chi connectivity index (χ0v) is 17.6. The highest BCUT2D eigenvalue weighted by Crippen LogP contribution is 2.35. The number of hydrogen-bond acceptors (Lipinski definition) is 3. The summed E-state index contributed by atoms with van der Waals surface area (Å²) in [5.74, 6) is -1.80. The number of likely N-dealkylation sites (tertiary alicyclic amines) is 1. The van der Waals surface area contributed by atoms with E-state index < -0.39 is 29.6 Å². The zero-order chi connectivity index (χ0) is 22.5. The SMILES string of the molecule is O=C(O)C1CCN(C(c2cccc(OCc3ccccc3)c2)c2ccc(F)cc2F)CC1. The van der Waals surface area contributed by atoms with Gasteiger partial charge in [-0.1, -0.05) is 48.5 Å². The molecule has 0 saturated carbocycles. The Bertz CT molecular complexity index is 1070. The molecular formula is C26H25F2NO3. The summed E-state index contributed by atoms with van der Waals surface area (Å²) in [5.41, 5.74) is 2.21. The third-order valence-corrected chi connectivity index (χ3v) is 5.92. The number of carboxylic acids is 1. The van der Waals surface area contributed by atoms with Crippen LogP contribution in [0.4, 0.5) is 8.78 Å². The van der Waals surface area contributed by atoms with E-state index in [1.165, 1.54) is 12.1 Å². The molecule has 0 radical (unpaired) electrons. The summed E-state index contributed by atoms with van der Waals surface area (Å²) in [6, 6.07) is 20.4. The highest BCUT2D eigenvalue weighted by molar-refractivity contribution is 5.70. The van der Waals surface area contributed by atoms with E-state index in [9.17, 15) is 18.7 Å². The van der Waals surface area contributed by atoms with Crippen LogP contribution in [0.5, 0.6) is 5.75 Å². The third kappa shape index (κ3) is 5.14. The number of piperidine rings is 1. The van der Waals surface area contributed by atoms with Crippen LogP contribution in [-0.4, -0.2) is 29.1 Å². The van der Waals surface area contributed by atoms with Crippen LogP contribution in [0.3, 0.4) is 0 Å². The minimum atomic E-state index is -0.800. The van der Waals surface area contributed by atoms with Crippen molar-refractivity contribution in [2.24, 2.45) is 5.92 Å². The van der Waals surface area contributed by atoms with Crippen molar-refractivity contribution in [1.82, 2.24) is 4.90 Å². The molecule has 1 atom stereocenters. The lowest BCUT2D eigenvalue weighted by Crippen LogP contribution is -2.39. The molecule has 32 heavy (non-hydrogen) atoms. The predicted molar refractivity (Wildman–Crippen MR) is 117 cm³/mol. The van der Waals surface area contributed by atoms with Crippen molar-refractivity contribution in [3.63, 3.8) is 0 Å². The average Bonchev–Trinajstić information content (AvgIpc) is 2.81. The summed E-state index contributed by atoms with van der Waals surface area (Å²) in [4.78, 5) is 13.4. The fourth-order valence-corrected chi connectivity index (χ4v) is 4.23. The van der Waals surface area contributed by atoms with Gasteiger partial charge in [0.05, 0.1) is 12.0 Å². The number of carbonyl (C=O) groups is 1. The van der Waals surface area contributed by atoms with E-state index in [-0.39, 0.29) is 0 Å². The number of halogens is 2. The van der Waals surface area contributed by atoms with Gasteiger partial charge in [-0.15, -0.1) is 0 Å². The predicted octanol–water partition coefficient (Wildman–Crippen LogP) is 5.43. The summed E-state index contributed by atoms with van der Waals surface area (Å²) in [7, 11) is 0. The van der Waals surface area contributed by atoms with Gasteiger partial charge in [0.1, 0.15) is 24.0 Å². The molecule has 1 aliphatic rings. The maximum atomic E-state index is 14.8. The Morgan fingerprint density at radius 1 is 1.00 bits per heavy atom. The van der Waals surface area contributed by atoms with Gasteiger partial charge in [-0.2, -0.15) is 0 Å². The molecular weight excluding hydrogens is 412 g/mol. The first kappa shape index (κ1) is 22.0. The second-order valence-electron chi connectivity index (χ2n) is 8.06. The molecule has 1 saturated heterocycles. The molecule has 0 amide bonds.